The second-order valence-electron chi connectivity index (χ2n) is 4.47. The molecule has 1 saturated heterocycles. The van der Waals surface area contributed by atoms with Gasteiger partial charge in [-0.2, -0.15) is 0 Å². The van der Waals surface area contributed by atoms with Gasteiger partial charge in [-0.1, -0.05) is 19.8 Å². The van der Waals surface area contributed by atoms with Crippen LogP contribution in [0.25, 0.3) is 0 Å². The van der Waals surface area contributed by atoms with Crippen LogP contribution in [-0.2, 0) is 28.7 Å². The Labute approximate surface area is 122 Å². The van der Waals surface area contributed by atoms with Crippen LogP contribution in [0.3, 0.4) is 0 Å². The molecule has 0 aliphatic carbocycles. The molecule has 1 aliphatic heterocycles. The lowest BCUT2D eigenvalue weighted by Gasteiger charge is -2.33. The number of carboxylic acids is 2. The van der Waals surface area contributed by atoms with Crippen molar-refractivity contribution in [1.82, 2.24) is 0 Å². The van der Waals surface area contributed by atoms with E-state index >= 15 is 0 Å². The molecular weight excluding hydrogens is 284 g/mol. The average Bonchev–Trinajstić information content (AvgIpc) is 2.34. The molecular formula is C13H20O8. The van der Waals surface area contributed by atoms with Crippen molar-refractivity contribution < 1.29 is 38.9 Å². The fourth-order valence-electron chi connectivity index (χ4n) is 1.66. The van der Waals surface area contributed by atoms with Crippen LogP contribution in [0.2, 0.25) is 0 Å². The molecule has 0 aromatic heterocycles. The summed E-state index contributed by atoms with van der Waals surface area (Å²) in [6, 6.07) is 0. The first kappa shape index (κ1) is 18.9. The van der Waals surface area contributed by atoms with Gasteiger partial charge in [0.15, 0.2) is 12.5 Å². The van der Waals surface area contributed by atoms with Crippen molar-refractivity contribution >= 4 is 23.9 Å². The molecule has 21 heavy (non-hydrogen) atoms. The number of unbranched alkanes of at least 4 members (excludes halogenated alkanes) is 2. The predicted octanol–water partition coefficient (Wildman–Crippen LogP) is 0.827. The molecule has 8 nitrogen and oxygen atoms in total. The van der Waals surface area contributed by atoms with Crippen LogP contribution < -0.4 is 0 Å². The van der Waals surface area contributed by atoms with E-state index in [1.54, 1.807) is 0 Å². The molecule has 2 unspecified atom stereocenters. The fraction of sp³-hybridized carbons (Fsp3) is 0.692. The monoisotopic (exact) mass is 304 g/mol. The predicted molar refractivity (Wildman–Crippen MR) is 69.4 cm³/mol. The van der Waals surface area contributed by atoms with Crippen molar-refractivity contribution in [2.75, 3.05) is 6.61 Å². The van der Waals surface area contributed by atoms with Crippen molar-refractivity contribution in [1.29, 1.82) is 0 Å². The highest BCUT2D eigenvalue weighted by Crippen LogP contribution is 2.28. The number of carbonyl (C=O) groups is 4. The third-order valence-electron chi connectivity index (χ3n) is 2.58. The van der Waals surface area contributed by atoms with Gasteiger partial charge < -0.3 is 19.7 Å². The van der Waals surface area contributed by atoms with Gasteiger partial charge in [-0.15, -0.1) is 0 Å². The lowest BCUT2D eigenvalue weighted by atomic mass is 9.92. The summed E-state index contributed by atoms with van der Waals surface area (Å²) in [5, 5.41) is 15.8. The standard InChI is InChI=1S/C11H16O6.C2H4O2/c1-2-3-4-5-7-9(11(15)17-7)10(14)16-6-8(12)13;1-2(3)4/h7,9H,2-6H2,1H3,(H,12,13);1H3,(H,3,4). The number of rotatable bonds is 7. The summed E-state index contributed by atoms with van der Waals surface area (Å²) in [5.74, 6) is -4.44. The zero-order valence-corrected chi connectivity index (χ0v) is 12.0. The minimum absolute atomic E-state index is 0.449. The summed E-state index contributed by atoms with van der Waals surface area (Å²) in [7, 11) is 0. The fourth-order valence-corrected chi connectivity index (χ4v) is 1.66. The Kier molecular flexibility index (Phi) is 8.75. The molecule has 2 N–H and O–H groups in total. The van der Waals surface area contributed by atoms with Crippen LogP contribution in [-0.4, -0.2) is 46.8 Å². The highest BCUT2D eigenvalue weighted by atomic mass is 16.6. The van der Waals surface area contributed by atoms with E-state index in [9.17, 15) is 14.4 Å². The van der Waals surface area contributed by atoms with Crippen LogP contribution >= 0.6 is 0 Å². The average molecular weight is 304 g/mol. The maximum Gasteiger partial charge on any atom is 0.341 e. The van der Waals surface area contributed by atoms with Crippen molar-refractivity contribution in [3.63, 3.8) is 0 Å². The van der Waals surface area contributed by atoms with E-state index in [0.29, 0.717) is 6.42 Å². The van der Waals surface area contributed by atoms with E-state index in [0.717, 1.165) is 26.2 Å². The van der Waals surface area contributed by atoms with Crippen molar-refractivity contribution in [3.05, 3.63) is 0 Å². The smallest absolute Gasteiger partial charge is 0.341 e. The molecule has 0 saturated carbocycles. The van der Waals surface area contributed by atoms with Gasteiger partial charge in [-0.3, -0.25) is 14.4 Å². The molecule has 0 radical (unpaired) electrons. The number of cyclic esters (lactones) is 1. The van der Waals surface area contributed by atoms with Crippen LogP contribution in [0.1, 0.15) is 39.5 Å². The molecule has 0 amide bonds. The topological polar surface area (TPSA) is 127 Å². The number of hydrogen-bond acceptors (Lipinski definition) is 6. The first-order chi connectivity index (χ1) is 9.79. The summed E-state index contributed by atoms with van der Waals surface area (Å²) in [4.78, 5) is 41.7. The quantitative estimate of drug-likeness (QED) is 0.402. The minimum atomic E-state index is -1.24. The van der Waals surface area contributed by atoms with Crippen LogP contribution in [0.4, 0.5) is 0 Å². The third kappa shape index (κ3) is 7.91. The van der Waals surface area contributed by atoms with Gasteiger partial charge in [0, 0.05) is 6.92 Å². The SMILES string of the molecule is CC(=O)O.CCCCCC1OC(=O)C1C(=O)OCC(=O)O. The number of aliphatic carboxylic acids is 2. The van der Waals surface area contributed by atoms with Crippen LogP contribution in [0, 0.1) is 5.92 Å². The molecule has 0 bridgehead atoms. The number of ether oxygens (including phenoxy) is 2. The summed E-state index contributed by atoms with van der Waals surface area (Å²) in [5.41, 5.74) is 0. The first-order valence-electron chi connectivity index (χ1n) is 6.58. The second-order valence-corrected chi connectivity index (χ2v) is 4.47. The maximum absolute atomic E-state index is 11.4. The molecule has 120 valence electrons. The number of carbonyl (C=O) groups excluding carboxylic acids is 2. The molecule has 0 aromatic rings. The Morgan fingerprint density at radius 3 is 2.24 bits per heavy atom. The Bertz CT molecular complexity index is 386. The third-order valence-corrected chi connectivity index (χ3v) is 2.58. The Morgan fingerprint density at radius 2 is 1.81 bits per heavy atom. The van der Waals surface area contributed by atoms with E-state index in [-0.39, 0.29) is 0 Å². The molecule has 1 heterocycles. The summed E-state index contributed by atoms with van der Waals surface area (Å²) >= 11 is 0. The molecule has 0 aromatic carbocycles. The van der Waals surface area contributed by atoms with Crippen molar-refractivity contribution in [2.24, 2.45) is 5.92 Å². The van der Waals surface area contributed by atoms with E-state index in [1.165, 1.54) is 0 Å². The highest BCUT2D eigenvalue weighted by Gasteiger charge is 2.48. The Morgan fingerprint density at radius 1 is 1.24 bits per heavy atom. The van der Waals surface area contributed by atoms with Crippen molar-refractivity contribution in [2.45, 2.75) is 45.6 Å². The maximum atomic E-state index is 11.4. The minimum Gasteiger partial charge on any atom is -0.481 e. The zero-order chi connectivity index (χ0) is 16.4. The van der Waals surface area contributed by atoms with Gasteiger partial charge in [0.2, 0.25) is 0 Å². The van der Waals surface area contributed by atoms with E-state index in [1.807, 2.05) is 6.92 Å². The van der Waals surface area contributed by atoms with Crippen LogP contribution in [0.15, 0.2) is 0 Å². The van der Waals surface area contributed by atoms with E-state index in [4.69, 9.17) is 19.7 Å². The molecule has 2 atom stereocenters. The van der Waals surface area contributed by atoms with Crippen molar-refractivity contribution in [3.8, 4) is 0 Å². The first-order valence-corrected chi connectivity index (χ1v) is 6.58. The second kappa shape index (κ2) is 9.73. The normalized spacial score (nSPS) is 19.4. The van der Waals surface area contributed by atoms with Gasteiger partial charge >= 0.3 is 17.9 Å². The lowest BCUT2D eigenvalue weighted by molar-refractivity contribution is -0.196. The van der Waals surface area contributed by atoms with Crippen LogP contribution in [0.5, 0.6) is 0 Å². The van der Waals surface area contributed by atoms with E-state index < -0.39 is 42.5 Å². The molecule has 1 aliphatic rings. The Balaban J connectivity index is 0.000000885. The van der Waals surface area contributed by atoms with Gasteiger partial charge in [-0.05, 0) is 12.8 Å². The number of carboxylic acid groups (broad SMARTS) is 2. The molecule has 1 fully saturated rings. The number of esters is 2. The summed E-state index contributed by atoms with van der Waals surface area (Å²) in [6.45, 7) is 2.41. The van der Waals surface area contributed by atoms with E-state index in [2.05, 4.69) is 4.74 Å². The number of hydrogen-bond donors (Lipinski definition) is 2. The molecule has 8 heteroatoms. The van der Waals surface area contributed by atoms with Gasteiger partial charge in [0.1, 0.15) is 6.10 Å². The summed E-state index contributed by atoms with van der Waals surface area (Å²) < 4.78 is 9.31. The summed E-state index contributed by atoms with van der Waals surface area (Å²) in [6.07, 6.45) is 3.08. The Hall–Kier alpha value is -2.12. The molecule has 1 rings (SSSR count). The molecule has 0 spiro atoms. The zero-order valence-electron chi connectivity index (χ0n) is 12.0. The lowest BCUT2D eigenvalue weighted by Crippen LogP contribution is -2.50. The van der Waals surface area contributed by atoms with Gasteiger partial charge in [0.25, 0.3) is 5.97 Å². The largest absolute Gasteiger partial charge is 0.481 e. The van der Waals surface area contributed by atoms with Gasteiger partial charge in [0.05, 0.1) is 0 Å². The van der Waals surface area contributed by atoms with Gasteiger partial charge in [-0.25, -0.2) is 4.79 Å². The highest BCUT2D eigenvalue weighted by molar-refractivity contribution is 5.99.